The van der Waals surface area contributed by atoms with Gasteiger partial charge in [0, 0.05) is 36.3 Å². The van der Waals surface area contributed by atoms with Gasteiger partial charge in [0.2, 0.25) is 15.9 Å². The molecule has 2 aliphatic heterocycles. The summed E-state index contributed by atoms with van der Waals surface area (Å²) in [5, 5.41) is 0.978. The Morgan fingerprint density at radius 1 is 1.03 bits per heavy atom. The number of piperidine rings is 1. The van der Waals surface area contributed by atoms with Crippen LogP contribution in [0.1, 0.15) is 39.5 Å². The number of amides is 1. The number of methoxy groups -OCH3 is 1. The van der Waals surface area contributed by atoms with Crippen LogP contribution < -0.4 is 4.74 Å². The Morgan fingerprint density at radius 3 is 2.39 bits per heavy atom. The van der Waals surface area contributed by atoms with Crippen molar-refractivity contribution in [1.82, 2.24) is 14.2 Å². The number of pyridine rings is 1. The number of rotatable bonds is 5. The van der Waals surface area contributed by atoms with E-state index >= 15 is 0 Å². The molecule has 2 aromatic carbocycles. The number of hydrogen-bond acceptors (Lipinski definition) is 6. The molecular weight excluding hydrogens is 502 g/mol. The van der Waals surface area contributed by atoms with Crippen molar-refractivity contribution in [2.24, 2.45) is 0 Å². The maximum absolute atomic E-state index is 13.4. The van der Waals surface area contributed by atoms with Crippen molar-refractivity contribution in [2.75, 3.05) is 33.4 Å². The molecule has 0 unspecified atom stereocenters. The molecule has 0 bridgehead atoms. The standard InChI is InChI=1S/C27H29N3O5S.C2H6/c1-34-26-23(11-6-20-3-2-14-28-25(20)26)19-4-9-22(10-5-19)36(32,33)29-15-12-27(13-16-29)18-30(21-7-8-21)24(31)17-35-27;1-2/h2-6,9-11,14,21H,7-8,12-13,15-18H2,1H3;1-2H3. The minimum absolute atomic E-state index is 0.0529. The van der Waals surface area contributed by atoms with E-state index in [0.717, 1.165) is 34.9 Å². The highest BCUT2D eigenvalue weighted by Crippen LogP contribution is 2.38. The summed E-state index contributed by atoms with van der Waals surface area (Å²) in [6.45, 7) is 5.42. The van der Waals surface area contributed by atoms with Gasteiger partial charge in [0.25, 0.3) is 0 Å². The molecule has 3 aromatic rings. The van der Waals surface area contributed by atoms with Crippen molar-refractivity contribution < 1.29 is 22.7 Å². The van der Waals surface area contributed by atoms with Gasteiger partial charge >= 0.3 is 0 Å². The molecule has 1 amide bonds. The largest absolute Gasteiger partial charge is 0.494 e. The van der Waals surface area contributed by atoms with Gasteiger partial charge in [-0.05, 0) is 55.5 Å². The van der Waals surface area contributed by atoms with E-state index in [1.165, 1.54) is 4.31 Å². The first-order valence-electron chi connectivity index (χ1n) is 13.4. The third kappa shape index (κ3) is 4.90. The SMILES string of the molecule is CC.COc1c(-c2ccc(S(=O)(=O)N3CCC4(CC3)CN(C3CC3)C(=O)CO4)cc2)ccc2cccnc12. The molecule has 38 heavy (non-hydrogen) atoms. The lowest BCUT2D eigenvalue weighted by Crippen LogP contribution is -2.59. The van der Waals surface area contributed by atoms with Gasteiger partial charge in [0.05, 0.1) is 24.2 Å². The first kappa shape index (κ1) is 26.6. The van der Waals surface area contributed by atoms with Crippen molar-refractivity contribution in [3.63, 3.8) is 0 Å². The number of ether oxygens (including phenoxy) is 2. The van der Waals surface area contributed by atoms with Crippen molar-refractivity contribution >= 4 is 26.8 Å². The molecule has 3 aliphatic rings. The third-order valence-corrected chi connectivity index (χ3v) is 9.55. The van der Waals surface area contributed by atoms with Gasteiger partial charge in [-0.2, -0.15) is 4.31 Å². The summed E-state index contributed by atoms with van der Waals surface area (Å²) in [5.41, 5.74) is 2.05. The summed E-state index contributed by atoms with van der Waals surface area (Å²) >= 11 is 0. The predicted octanol–water partition coefficient (Wildman–Crippen LogP) is 4.48. The van der Waals surface area contributed by atoms with Gasteiger partial charge in [-0.25, -0.2) is 8.42 Å². The smallest absolute Gasteiger partial charge is 0.248 e. The monoisotopic (exact) mass is 537 g/mol. The van der Waals surface area contributed by atoms with Crippen LogP contribution in [-0.4, -0.2) is 73.5 Å². The highest BCUT2D eigenvalue weighted by molar-refractivity contribution is 7.89. The van der Waals surface area contributed by atoms with Gasteiger partial charge in [-0.3, -0.25) is 9.78 Å². The molecule has 2 saturated heterocycles. The fourth-order valence-electron chi connectivity index (χ4n) is 5.41. The van der Waals surface area contributed by atoms with E-state index in [1.807, 2.05) is 55.1 Å². The second kappa shape index (κ2) is 10.6. The topological polar surface area (TPSA) is 89.0 Å². The van der Waals surface area contributed by atoms with Crippen molar-refractivity contribution in [3.8, 4) is 16.9 Å². The molecule has 3 fully saturated rings. The predicted molar refractivity (Wildman–Crippen MR) is 146 cm³/mol. The average Bonchev–Trinajstić information content (AvgIpc) is 3.81. The van der Waals surface area contributed by atoms with Crippen LogP contribution >= 0.6 is 0 Å². The fourth-order valence-corrected chi connectivity index (χ4v) is 6.85. The molecule has 0 radical (unpaired) electrons. The summed E-state index contributed by atoms with van der Waals surface area (Å²) < 4.78 is 40.0. The number of aromatic nitrogens is 1. The number of carbonyl (C=O) groups excluding carboxylic acids is 1. The molecule has 9 heteroatoms. The summed E-state index contributed by atoms with van der Waals surface area (Å²) in [5.74, 6) is 0.716. The van der Waals surface area contributed by atoms with E-state index in [4.69, 9.17) is 9.47 Å². The van der Waals surface area contributed by atoms with Crippen molar-refractivity contribution in [1.29, 1.82) is 0 Å². The molecule has 1 aromatic heterocycles. The van der Waals surface area contributed by atoms with E-state index in [9.17, 15) is 13.2 Å². The number of morpholine rings is 1. The van der Waals surface area contributed by atoms with E-state index in [1.54, 1.807) is 25.4 Å². The van der Waals surface area contributed by atoms with E-state index in [-0.39, 0.29) is 17.4 Å². The summed E-state index contributed by atoms with van der Waals surface area (Å²) in [7, 11) is -2.03. The minimum atomic E-state index is -3.64. The third-order valence-electron chi connectivity index (χ3n) is 7.64. The Bertz CT molecular complexity index is 1410. The highest BCUT2D eigenvalue weighted by atomic mass is 32.2. The first-order chi connectivity index (χ1) is 18.4. The molecule has 8 nitrogen and oxygen atoms in total. The van der Waals surface area contributed by atoms with E-state index in [0.29, 0.717) is 44.3 Å². The Labute approximate surface area is 224 Å². The molecule has 0 atom stereocenters. The Kier molecular flexibility index (Phi) is 7.44. The van der Waals surface area contributed by atoms with Crippen LogP contribution in [0, 0.1) is 0 Å². The van der Waals surface area contributed by atoms with Crippen LogP contribution in [0.3, 0.4) is 0 Å². The zero-order chi connectivity index (χ0) is 26.9. The Hall–Kier alpha value is -3.01. The number of sulfonamides is 1. The van der Waals surface area contributed by atoms with Gasteiger partial charge in [-0.15, -0.1) is 0 Å². The van der Waals surface area contributed by atoms with Crippen molar-refractivity contribution in [2.45, 2.75) is 56.1 Å². The quantitative estimate of drug-likeness (QED) is 0.477. The Morgan fingerprint density at radius 2 is 1.74 bits per heavy atom. The normalized spacial score (nSPS) is 19.8. The molecule has 1 saturated carbocycles. The van der Waals surface area contributed by atoms with Gasteiger partial charge in [-0.1, -0.05) is 38.1 Å². The summed E-state index contributed by atoms with van der Waals surface area (Å²) in [6, 6.07) is 15.1. The van der Waals surface area contributed by atoms with Crippen LogP contribution in [0.15, 0.2) is 59.6 Å². The van der Waals surface area contributed by atoms with Gasteiger partial charge in [0.1, 0.15) is 12.1 Å². The van der Waals surface area contributed by atoms with Crippen LogP contribution in [0.4, 0.5) is 0 Å². The summed E-state index contributed by atoms with van der Waals surface area (Å²) in [6.07, 6.45) is 5.01. The van der Waals surface area contributed by atoms with Gasteiger partial charge in [0.15, 0.2) is 5.75 Å². The lowest BCUT2D eigenvalue weighted by atomic mass is 9.90. The lowest BCUT2D eigenvalue weighted by molar-refractivity contribution is -0.170. The lowest BCUT2D eigenvalue weighted by Gasteiger charge is -2.46. The molecule has 1 spiro atoms. The maximum atomic E-state index is 13.4. The number of nitrogens with zero attached hydrogens (tertiary/aromatic N) is 3. The van der Waals surface area contributed by atoms with E-state index < -0.39 is 15.6 Å². The average molecular weight is 538 g/mol. The second-order valence-electron chi connectivity index (χ2n) is 9.87. The Balaban J connectivity index is 0.00000144. The van der Waals surface area contributed by atoms with E-state index in [2.05, 4.69) is 4.98 Å². The number of carbonyl (C=O) groups is 1. The summed E-state index contributed by atoms with van der Waals surface area (Å²) in [4.78, 5) is 18.9. The van der Waals surface area contributed by atoms with Crippen LogP contribution in [0.25, 0.3) is 22.0 Å². The first-order valence-corrected chi connectivity index (χ1v) is 14.8. The number of hydrogen-bond donors (Lipinski definition) is 0. The highest BCUT2D eigenvalue weighted by Gasteiger charge is 2.47. The van der Waals surface area contributed by atoms with Crippen LogP contribution in [0.2, 0.25) is 0 Å². The van der Waals surface area contributed by atoms with Crippen LogP contribution in [-0.2, 0) is 19.6 Å². The molecule has 0 N–H and O–H groups in total. The van der Waals surface area contributed by atoms with Gasteiger partial charge < -0.3 is 14.4 Å². The second-order valence-corrected chi connectivity index (χ2v) is 11.8. The molecular formula is C29H35N3O5S. The minimum Gasteiger partial charge on any atom is -0.494 e. The van der Waals surface area contributed by atoms with Crippen molar-refractivity contribution in [3.05, 3.63) is 54.7 Å². The number of fused-ring (bicyclic) bond motifs is 1. The number of benzene rings is 2. The molecule has 3 heterocycles. The van der Waals surface area contributed by atoms with Crippen LogP contribution in [0.5, 0.6) is 5.75 Å². The maximum Gasteiger partial charge on any atom is 0.248 e. The zero-order valence-corrected chi connectivity index (χ0v) is 23.0. The molecule has 6 rings (SSSR count). The fraction of sp³-hybridized carbons (Fsp3) is 0.448. The molecule has 1 aliphatic carbocycles. The molecule has 202 valence electrons. The zero-order valence-electron chi connectivity index (χ0n) is 22.2.